The molecule has 0 radical (unpaired) electrons. The number of halogens is 1. The molecule has 1 unspecified atom stereocenters. The average molecular weight is 385 g/mol. The first-order valence-electron chi connectivity index (χ1n) is 9.28. The van der Waals surface area contributed by atoms with Gasteiger partial charge < -0.3 is 10.1 Å². The lowest BCUT2D eigenvalue weighted by molar-refractivity contribution is -0.148. The van der Waals surface area contributed by atoms with Crippen LogP contribution in [0.2, 0.25) is 0 Å². The van der Waals surface area contributed by atoms with E-state index in [0.29, 0.717) is 5.56 Å². The van der Waals surface area contributed by atoms with Crippen LogP contribution in [-0.4, -0.2) is 24.3 Å². The second-order valence-electron chi connectivity index (χ2n) is 6.41. The van der Waals surface area contributed by atoms with E-state index in [9.17, 15) is 18.8 Å². The molecule has 0 heterocycles. The van der Waals surface area contributed by atoms with Gasteiger partial charge in [-0.25, -0.2) is 4.39 Å². The van der Waals surface area contributed by atoms with E-state index in [1.165, 1.54) is 24.3 Å². The van der Waals surface area contributed by atoms with Gasteiger partial charge in [-0.05, 0) is 36.2 Å². The summed E-state index contributed by atoms with van der Waals surface area (Å²) in [6.07, 6.45) is 1.47. The Labute approximate surface area is 163 Å². The van der Waals surface area contributed by atoms with Crippen LogP contribution >= 0.6 is 0 Å². The Hall–Kier alpha value is -3.02. The van der Waals surface area contributed by atoms with E-state index in [0.717, 1.165) is 18.4 Å². The predicted molar refractivity (Wildman–Crippen MR) is 103 cm³/mol. The molecule has 5 nitrogen and oxygen atoms in total. The molecule has 0 saturated carbocycles. The second-order valence-corrected chi connectivity index (χ2v) is 6.41. The smallest absolute Gasteiger partial charge is 0.306 e. The fourth-order valence-corrected chi connectivity index (χ4v) is 2.75. The lowest BCUT2D eigenvalue weighted by Crippen LogP contribution is -2.32. The Morgan fingerprint density at radius 3 is 2.32 bits per heavy atom. The molecule has 0 spiro atoms. The minimum Gasteiger partial charge on any atom is -0.456 e. The third kappa shape index (κ3) is 6.95. The van der Waals surface area contributed by atoms with E-state index in [1.807, 2.05) is 37.3 Å². The van der Waals surface area contributed by atoms with E-state index >= 15 is 0 Å². The van der Waals surface area contributed by atoms with Gasteiger partial charge in [0.1, 0.15) is 5.82 Å². The minimum atomic E-state index is -0.627. The van der Waals surface area contributed by atoms with Crippen molar-refractivity contribution in [3.63, 3.8) is 0 Å². The van der Waals surface area contributed by atoms with Gasteiger partial charge in [-0.1, -0.05) is 43.7 Å². The molecule has 1 amide bonds. The number of ether oxygens (including phenoxy) is 1. The first-order chi connectivity index (χ1) is 13.5. The van der Waals surface area contributed by atoms with Crippen molar-refractivity contribution in [1.29, 1.82) is 0 Å². The molecule has 2 aromatic carbocycles. The molecule has 1 N–H and O–H groups in total. The Morgan fingerprint density at radius 2 is 1.68 bits per heavy atom. The fourth-order valence-electron chi connectivity index (χ4n) is 2.75. The summed E-state index contributed by atoms with van der Waals surface area (Å²) in [6, 6.07) is 14.6. The SMILES string of the molecule is CCCC(NC(=O)COC(=O)CCC(=O)c1ccc(F)cc1)c1ccccc1. The summed E-state index contributed by atoms with van der Waals surface area (Å²) in [5.41, 5.74) is 1.33. The standard InChI is InChI=1S/C22H24FNO4/c1-2-6-19(16-7-4-3-5-8-16)24-21(26)15-28-22(27)14-13-20(25)17-9-11-18(23)12-10-17/h3-5,7-12,19H,2,6,13-15H2,1H3,(H,24,26). The van der Waals surface area contributed by atoms with Crippen LogP contribution in [0, 0.1) is 5.82 Å². The molecular weight excluding hydrogens is 361 g/mol. The number of carbonyl (C=O) groups excluding carboxylic acids is 3. The zero-order valence-corrected chi connectivity index (χ0v) is 15.8. The molecule has 1 atom stereocenters. The molecule has 0 aliphatic rings. The molecule has 0 aliphatic carbocycles. The average Bonchev–Trinajstić information content (AvgIpc) is 2.71. The van der Waals surface area contributed by atoms with Crippen molar-refractivity contribution in [2.75, 3.05) is 6.61 Å². The van der Waals surface area contributed by atoms with Crippen molar-refractivity contribution < 1.29 is 23.5 Å². The molecule has 0 aromatic heterocycles. The zero-order chi connectivity index (χ0) is 20.4. The summed E-state index contributed by atoms with van der Waals surface area (Å²) in [4.78, 5) is 35.9. The van der Waals surface area contributed by atoms with Gasteiger partial charge in [-0.2, -0.15) is 0 Å². The van der Waals surface area contributed by atoms with Gasteiger partial charge in [0.05, 0.1) is 12.5 Å². The van der Waals surface area contributed by atoms with Crippen molar-refractivity contribution in [2.24, 2.45) is 0 Å². The topological polar surface area (TPSA) is 72.5 Å². The molecule has 2 aromatic rings. The first kappa shape index (κ1) is 21.3. The minimum absolute atomic E-state index is 0.0610. The van der Waals surface area contributed by atoms with E-state index in [4.69, 9.17) is 4.74 Å². The van der Waals surface area contributed by atoms with Crippen molar-refractivity contribution in [1.82, 2.24) is 5.32 Å². The van der Waals surface area contributed by atoms with E-state index in [2.05, 4.69) is 5.32 Å². The third-order valence-corrected chi connectivity index (χ3v) is 4.20. The third-order valence-electron chi connectivity index (χ3n) is 4.20. The van der Waals surface area contributed by atoms with Gasteiger partial charge in [-0.15, -0.1) is 0 Å². The van der Waals surface area contributed by atoms with Crippen molar-refractivity contribution in [3.8, 4) is 0 Å². The molecule has 28 heavy (non-hydrogen) atoms. The number of esters is 1. The monoisotopic (exact) mass is 385 g/mol. The maximum absolute atomic E-state index is 12.9. The van der Waals surface area contributed by atoms with Gasteiger partial charge >= 0.3 is 5.97 Å². The molecular formula is C22H24FNO4. The van der Waals surface area contributed by atoms with E-state index in [1.54, 1.807) is 0 Å². The van der Waals surface area contributed by atoms with Crippen LogP contribution in [0.15, 0.2) is 54.6 Å². The number of nitrogens with one attached hydrogen (secondary N) is 1. The maximum atomic E-state index is 12.9. The molecule has 0 aliphatic heterocycles. The van der Waals surface area contributed by atoms with Crippen molar-refractivity contribution in [2.45, 2.75) is 38.6 Å². The van der Waals surface area contributed by atoms with Crippen LogP contribution in [0.4, 0.5) is 4.39 Å². The van der Waals surface area contributed by atoms with Crippen LogP contribution in [-0.2, 0) is 14.3 Å². The summed E-state index contributed by atoms with van der Waals surface area (Å²) in [5.74, 6) is -1.73. The zero-order valence-electron chi connectivity index (χ0n) is 15.8. The summed E-state index contributed by atoms with van der Waals surface area (Å²) >= 11 is 0. The number of hydrogen-bond acceptors (Lipinski definition) is 4. The number of carbonyl (C=O) groups is 3. The quantitative estimate of drug-likeness (QED) is 0.496. The van der Waals surface area contributed by atoms with Gasteiger partial charge in [0.25, 0.3) is 5.91 Å². The molecule has 6 heteroatoms. The fraction of sp³-hybridized carbons (Fsp3) is 0.318. The van der Waals surface area contributed by atoms with Crippen LogP contribution in [0.5, 0.6) is 0 Å². The van der Waals surface area contributed by atoms with Crippen molar-refractivity contribution >= 4 is 17.7 Å². The van der Waals surface area contributed by atoms with Crippen LogP contribution in [0.1, 0.15) is 54.6 Å². The van der Waals surface area contributed by atoms with Gasteiger partial charge in [-0.3, -0.25) is 14.4 Å². The number of ketones is 1. The number of rotatable bonds is 10. The van der Waals surface area contributed by atoms with Gasteiger partial charge in [0.15, 0.2) is 12.4 Å². The van der Waals surface area contributed by atoms with Crippen LogP contribution < -0.4 is 5.32 Å². The normalized spacial score (nSPS) is 11.5. The highest BCUT2D eigenvalue weighted by atomic mass is 19.1. The molecule has 0 bridgehead atoms. The highest BCUT2D eigenvalue weighted by Crippen LogP contribution is 2.18. The first-order valence-corrected chi connectivity index (χ1v) is 9.28. The predicted octanol–water partition coefficient (Wildman–Crippen LogP) is 3.99. The molecule has 2 rings (SSSR count). The summed E-state index contributed by atoms with van der Waals surface area (Å²) in [5, 5.41) is 2.87. The van der Waals surface area contributed by atoms with Gasteiger partial charge in [0.2, 0.25) is 0 Å². The van der Waals surface area contributed by atoms with E-state index < -0.39 is 18.4 Å². The summed E-state index contributed by atoms with van der Waals surface area (Å²) < 4.78 is 17.8. The summed E-state index contributed by atoms with van der Waals surface area (Å²) in [7, 11) is 0. The Morgan fingerprint density at radius 1 is 1.00 bits per heavy atom. The molecule has 0 fully saturated rings. The largest absolute Gasteiger partial charge is 0.456 e. The molecule has 148 valence electrons. The number of Topliss-reactive ketones (excluding diaryl/α,β-unsaturated/α-hetero) is 1. The highest BCUT2D eigenvalue weighted by Gasteiger charge is 2.16. The summed E-state index contributed by atoms with van der Waals surface area (Å²) in [6.45, 7) is 1.64. The van der Waals surface area contributed by atoms with Gasteiger partial charge in [0, 0.05) is 12.0 Å². The van der Waals surface area contributed by atoms with Crippen LogP contribution in [0.3, 0.4) is 0 Å². The molecule has 0 saturated heterocycles. The number of benzene rings is 2. The van der Waals surface area contributed by atoms with Crippen molar-refractivity contribution in [3.05, 3.63) is 71.5 Å². The lowest BCUT2D eigenvalue weighted by atomic mass is 10.0. The number of amides is 1. The number of hydrogen-bond donors (Lipinski definition) is 1. The Balaban J connectivity index is 1.76. The lowest BCUT2D eigenvalue weighted by Gasteiger charge is -2.18. The maximum Gasteiger partial charge on any atom is 0.306 e. The Bertz CT molecular complexity index is 790. The van der Waals surface area contributed by atoms with Crippen LogP contribution in [0.25, 0.3) is 0 Å². The Kier molecular flexibility index (Phi) is 8.34. The van der Waals surface area contributed by atoms with E-state index in [-0.39, 0.29) is 30.6 Å². The second kappa shape index (κ2) is 11.0. The highest BCUT2D eigenvalue weighted by molar-refractivity contribution is 5.97.